The van der Waals surface area contributed by atoms with Crippen molar-refractivity contribution in [3.8, 4) is 0 Å². The minimum Gasteiger partial charge on any atom is -0.392 e. The molecule has 0 aliphatic carbocycles. The van der Waals surface area contributed by atoms with E-state index in [1.54, 1.807) is 0 Å². The molecule has 1 saturated heterocycles. The predicted molar refractivity (Wildman–Crippen MR) is 64.5 cm³/mol. The fourth-order valence-corrected chi connectivity index (χ4v) is 2.26. The molecule has 1 atom stereocenters. The first kappa shape index (κ1) is 11.9. The third-order valence-corrected chi connectivity index (χ3v) is 4.14. The smallest absolute Gasteiger partial charge is 0.0976 e. The lowest BCUT2D eigenvalue weighted by molar-refractivity contribution is -0.250. The van der Waals surface area contributed by atoms with E-state index in [-0.39, 0.29) is 17.6 Å². The van der Waals surface area contributed by atoms with Crippen LogP contribution < -0.4 is 0 Å². The normalized spacial score (nSPS) is 27.6. The van der Waals surface area contributed by atoms with Crippen molar-refractivity contribution in [3.63, 3.8) is 0 Å². The molecule has 1 N–H and O–H groups in total. The average Bonchev–Trinajstić information content (AvgIpc) is 2.26. The topological polar surface area (TPSA) is 29.5 Å². The molecule has 0 saturated carbocycles. The highest BCUT2D eigenvalue weighted by molar-refractivity contribution is 6.31. The number of benzene rings is 1. The van der Waals surface area contributed by atoms with Gasteiger partial charge < -0.3 is 9.84 Å². The zero-order chi connectivity index (χ0) is 12.0. The molecule has 1 aromatic rings. The molecule has 0 spiro atoms. The Kier molecular flexibility index (Phi) is 2.77. The molecule has 88 valence electrons. The highest BCUT2D eigenvalue weighted by Gasteiger charge is 2.52. The molecule has 3 heteroatoms. The molecule has 1 aromatic carbocycles. The van der Waals surface area contributed by atoms with Crippen molar-refractivity contribution in [2.75, 3.05) is 6.61 Å². The Morgan fingerprint density at radius 2 is 2.06 bits per heavy atom. The van der Waals surface area contributed by atoms with E-state index < -0.39 is 0 Å². The molecule has 0 bridgehead atoms. The molecule has 0 amide bonds. The minimum absolute atomic E-state index is 0.0277. The van der Waals surface area contributed by atoms with Crippen LogP contribution in [0.5, 0.6) is 0 Å². The van der Waals surface area contributed by atoms with Crippen molar-refractivity contribution in [2.45, 2.75) is 33.0 Å². The predicted octanol–water partition coefficient (Wildman–Crippen LogP) is 3.10. The van der Waals surface area contributed by atoms with Crippen LogP contribution in [0.2, 0.25) is 5.02 Å². The number of halogens is 1. The second kappa shape index (κ2) is 3.73. The molecule has 2 rings (SSSR count). The van der Waals surface area contributed by atoms with Crippen LogP contribution in [-0.4, -0.2) is 11.7 Å². The summed E-state index contributed by atoms with van der Waals surface area (Å²) >= 11 is 6.09. The molecule has 1 unspecified atom stereocenters. The van der Waals surface area contributed by atoms with Crippen LogP contribution in [0.3, 0.4) is 0 Å². The van der Waals surface area contributed by atoms with Gasteiger partial charge in [-0.25, -0.2) is 0 Å². The Bertz CT molecular complexity index is 414. The molecular weight excluding hydrogens is 224 g/mol. The van der Waals surface area contributed by atoms with Crippen LogP contribution >= 0.6 is 11.6 Å². The second-order valence-electron chi connectivity index (χ2n) is 5.17. The van der Waals surface area contributed by atoms with E-state index in [0.717, 1.165) is 17.7 Å². The second-order valence-corrected chi connectivity index (χ2v) is 5.58. The van der Waals surface area contributed by atoms with Crippen molar-refractivity contribution in [3.05, 3.63) is 34.3 Å². The maximum atomic E-state index is 9.07. The summed E-state index contributed by atoms with van der Waals surface area (Å²) in [5.41, 5.74) is 1.68. The molecule has 0 radical (unpaired) electrons. The Balaban J connectivity index is 2.39. The number of rotatable bonds is 2. The number of ether oxygens (including phenoxy) is 1. The Morgan fingerprint density at radius 1 is 1.38 bits per heavy atom. The maximum absolute atomic E-state index is 9.07. The van der Waals surface area contributed by atoms with Gasteiger partial charge in [-0.2, -0.15) is 0 Å². The zero-order valence-electron chi connectivity index (χ0n) is 9.88. The van der Waals surface area contributed by atoms with Crippen LogP contribution in [0.1, 0.15) is 31.9 Å². The quantitative estimate of drug-likeness (QED) is 0.861. The highest BCUT2D eigenvalue weighted by Crippen LogP contribution is 2.51. The van der Waals surface area contributed by atoms with Gasteiger partial charge in [-0.15, -0.1) is 0 Å². The molecule has 1 heterocycles. The molecule has 0 aromatic heterocycles. The summed E-state index contributed by atoms with van der Waals surface area (Å²) < 4.78 is 5.73. The van der Waals surface area contributed by atoms with Gasteiger partial charge >= 0.3 is 0 Å². The fourth-order valence-electron chi connectivity index (χ4n) is 2.02. The Hall–Kier alpha value is -0.570. The van der Waals surface area contributed by atoms with Gasteiger partial charge in [0.25, 0.3) is 0 Å². The molecule has 16 heavy (non-hydrogen) atoms. The number of hydrogen-bond acceptors (Lipinski definition) is 2. The number of aliphatic hydroxyl groups is 1. The van der Waals surface area contributed by atoms with Gasteiger partial charge in [-0.05, 0) is 24.1 Å². The van der Waals surface area contributed by atoms with E-state index in [0.29, 0.717) is 5.02 Å². The van der Waals surface area contributed by atoms with Gasteiger partial charge in [0, 0.05) is 10.4 Å². The van der Waals surface area contributed by atoms with Gasteiger partial charge in [0.2, 0.25) is 0 Å². The molecule has 1 aliphatic heterocycles. The summed E-state index contributed by atoms with van der Waals surface area (Å²) in [5, 5.41) is 9.67. The first-order valence-electron chi connectivity index (χ1n) is 5.44. The summed E-state index contributed by atoms with van der Waals surface area (Å²) in [7, 11) is 0. The molecular formula is C13H17ClO2. The van der Waals surface area contributed by atoms with Crippen molar-refractivity contribution in [1.82, 2.24) is 0 Å². The lowest BCUT2D eigenvalue weighted by atomic mass is 9.68. The van der Waals surface area contributed by atoms with Gasteiger partial charge in [0.05, 0.1) is 18.8 Å². The van der Waals surface area contributed by atoms with Crippen LogP contribution in [0.15, 0.2) is 18.2 Å². The lowest BCUT2D eigenvalue weighted by Gasteiger charge is -2.54. The van der Waals surface area contributed by atoms with Crippen LogP contribution in [0.25, 0.3) is 0 Å². The summed E-state index contributed by atoms with van der Waals surface area (Å²) in [5.74, 6) is 0. The standard InChI is InChI=1S/C13H17ClO2/c1-12(2)8-16-13(12,3)10-5-4-9(7-15)11(14)6-10/h4-6,15H,7-8H2,1-3H3. The third kappa shape index (κ3) is 1.56. The summed E-state index contributed by atoms with van der Waals surface area (Å²) in [4.78, 5) is 0. The first-order valence-corrected chi connectivity index (χ1v) is 5.82. The van der Waals surface area contributed by atoms with E-state index >= 15 is 0 Å². The minimum atomic E-state index is -0.273. The third-order valence-electron chi connectivity index (χ3n) is 3.79. The summed E-state index contributed by atoms with van der Waals surface area (Å²) in [6, 6.07) is 5.74. The summed E-state index contributed by atoms with van der Waals surface area (Å²) in [6.07, 6.45) is 0. The Morgan fingerprint density at radius 3 is 2.44 bits per heavy atom. The zero-order valence-corrected chi connectivity index (χ0v) is 10.6. The fraction of sp³-hybridized carbons (Fsp3) is 0.538. The van der Waals surface area contributed by atoms with Crippen molar-refractivity contribution >= 4 is 11.6 Å². The van der Waals surface area contributed by atoms with Crippen LogP contribution in [0, 0.1) is 5.41 Å². The Labute approximate surface area is 101 Å². The van der Waals surface area contributed by atoms with Gasteiger partial charge in [-0.1, -0.05) is 37.6 Å². The van der Waals surface area contributed by atoms with E-state index in [4.69, 9.17) is 21.4 Å². The largest absolute Gasteiger partial charge is 0.392 e. The first-order chi connectivity index (χ1) is 7.40. The highest BCUT2D eigenvalue weighted by atomic mass is 35.5. The molecule has 1 aliphatic rings. The van der Waals surface area contributed by atoms with E-state index in [9.17, 15) is 0 Å². The van der Waals surface area contributed by atoms with Crippen molar-refractivity contribution < 1.29 is 9.84 Å². The van der Waals surface area contributed by atoms with Crippen LogP contribution in [0.4, 0.5) is 0 Å². The number of aliphatic hydroxyl groups excluding tert-OH is 1. The van der Waals surface area contributed by atoms with E-state index in [1.807, 2.05) is 18.2 Å². The van der Waals surface area contributed by atoms with E-state index in [1.165, 1.54) is 0 Å². The number of hydrogen-bond donors (Lipinski definition) is 1. The van der Waals surface area contributed by atoms with E-state index in [2.05, 4.69) is 20.8 Å². The van der Waals surface area contributed by atoms with Crippen molar-refractivity contribution in [2.24, 2.45) is 5.41 Å². The monoisotopic (exact) mass is 240 g/mol. The van der Waals surface area contributed by atoms with Crippen molar-refractivity contribution in [1.29, 1.82) is 0 Å². The molecule has 1 fully saturated rings. The lowest BCUT2D eigenvalue weighted by Crippen LogP contribution is -2.55. The maximum Gasteiger partial charge on any atom is 0.0976 e. The molecule has 2 nitrogen and oxygen atoms in total. The average molecular weight is 241 g/mol. The summed E-state index contributed by atoms with van der Waals surface area (Å²) in [6.45, 7) is 7.19. The van der Waals surface area contributed by atoms with Gasteiger partial charge in [0.1, 0.15) is 0 Å². The van der Waals surface area contributed by atoms with Gasteiger partial charge in [-0.3, -0.25) is 0 Å². The van der Waals surface area contributed by atoms with Gasteiger partial charge in [0.15, 0.2) is 0 Å². The SMILES string of the molecule is CC1(C)COC1(C)c1ccc(CO)c(Cl)c1. The van der Waals surface area contributed by atoms with Crippen LogP contribution in [-0.2, 0) is 16.9 Å².